The summed E-state index contributed by atoms with van der Waals surface area (Å²) >= 11 is 0. The van der Waals surface area contributed by atoms with Crippen LogP contribution in [-0.2, 0) is 9.53 Å². The Hall–Kier alpha value is -3.54. The van der Waals surface area contributed by atoms with Crippen molar-refractivity contribution < 1.29 is 23.8 Å². The fraction of sp³-hybridized carbons (Fsp3) is 0.217. The maximum absolute atomic E-state index is 12.5. The van der Waals surface area contributed by atoms with Crippen molar-refractivity contribution in [2.24, 2.45) is 0 Å². The van der Waals surface area contributed by atoms with Crippen LogP contribution in [0.1, 0.15) is 28.4 Å². The zero-order valence-electron chi connectivity index (χ0n) is 16.0. The molecule has 6 heteroatoms. The summed E-state index contributed by atoms with van der Waals surface area (Å²) in [6.45, 7) is 0.335. The van der Waals surface area contributed by atoms with Gasteiger partial charge in [0.05, 0.1) is 19.8 Å². The van der Waals surface area contributed by atoms with Gasteiger partial charge < -0.3 is 19.5 Å². The van der Waals surface area contributed by atoms with Crippen molar-refractivity contribution in [1.82, 2.24) is 5.32 Å². The van der Waals surface area contributed by atoms with E-state index in [9.17, 15) is 9.59 Å². The highest BCUT2D eigenvalue weighted by Gasteiger charge is 2.23. The van der Waals surface area contributed by atoms with Crippen LogP contribution in [-0.4, -0.2) is 32.2 Å². The van der Waals surface area contributed by atoms with E-state index in [0.717, 1.165) is 22.1 Å². The maximum Gasteiger partial charge on any atom is 0.341 e. The monoisotopic (exact) mass is 391 g/mol. The second-order valence-electron chi connectivity index (χ2n) is 6.77. The van der Waals surface area contributed by atoms with Crippen LogP contribution in [0.4, 0.5) is 0 Å². The summed E-state index contributed by atoms with van der Waals surface area (Å²) in [5.74, 6) is 0.325. The molecule has 0 aromatic heterocycles. The quantitative estimate of drug-likeness (QED) is 0.672. The zero-order valence-corrected chi connectivity index (χ0v) is 16.0. The van der Waals surface area contributed by atoms with Gasteiger partial charge in [-0.2, -0.15) is 0 Å². The van der Waals surface area contributed by atoms with Crippen molar-refractivity contribution in [3.8, 4) is 11.5 Å². The zero-order chi connectivity index (χ0) is 20.2. The van der Waals surface area contributed by atoms with E-state index >= 15 is 0 Å². The van der Waals surface area contributed by atoms with Crippen LogP contribution in [0.3, 0.4) is 0 Å². The molecule has 4 rings (SSSR count). The molecular formula is C23H21NO5. The molecule has 1 aliphatic heterocycles. The molecule has 0 aliphatic carbocycles. The number of ether oxygens (including phenoxy) is 3. The lowest BCUT2D eigenvalue weighted by atomic mass is 10.0. The first-order chi connectivity index (χ1) is 14.2. The maximum atomic E-state index is 12.5. The van der Waals surface area contributed by atoms with Gasteiger partial charge in [-0.25, -0.2) is 4.79 Å². The standard InChI is InChI=1S/C23H21NO5/c1-27-23(26)18-12-15-6-2-3-7-16(15)13-21(18)29-14-22(25)24-19-10-11-28-20-9-5-4-8-17(19)20/h2-9,12-13,19H,10-11,14H2,1H3,(H,24,25). The number of carbonyl (C=O) groups excluding carboxylic acids is 2. The van der Waals surface area contributed by atoms with Gasteiger partial charge in [0.2, 0.25) is 0 Å². The van der Waals surface area contributed by atoms with Crippen LogP contribution in [0.25, 0.3) is 10.8 Å². The average Bonchev–Trinajstić information content (AvgIpc) is 2.76. The number of hydrogen-bond acceptors (Lipinski definition) is 5. The average molecular weight is 391 g/mol. The first-order valence-electron chi connectivity index (χ1n) is 9.40. The van der Waals surface area contributed by atoms with Crippen molar-refractivity contribution in [1.29, 1.82) is 0 Å². The first-order valence-corrected chi connectivity index (χ1v) is 9.40. The molecule has 0 saturated heterocycles. The van der Waals surface area contributed by atoms with E-state index in [0.29, 0.717) is 18.8 Å². The first kappa shape index (κ1) is 18.8. The lowest BCUT2D eigenvalue weighted by molar-refractivity contribution is -0.124. The Bertz CT molecular complexity index is 1060. The number of rotatable bonds is 5. The van der Waals surface area contributed by atoms with Gasteiger partial charge in [-0.3, -0.25) is 4.79 Å². The fourth-order valence-electron chi connectivity index (χ4n) is 3.48. The molecule has 1 aliphatic rings. The lowest BCUT2D eigenvalue weighted by Crippen LogP contribution is -2.35. The third kappa shape index (κ3) is 4.01. The summed E-state index contributed by atoms with van der Waals surface area (Å²) in [6.07, 6.45) is 0.687. The molecular weight excluding hydrogens is 370 g/mol. The topological polar surface area (TPSA) is 73.9 Å². The molecule has 3 aromatic carbocycles. The van der Waals surface area contributed by atoms with Crippen LogP contribution in [0.15, 0.2) is 60.7 Å². The van der Waals surface area contributed by atoms with Gasteiger partial charge in [0.25, 0.3) is 5.91 Å². The van der Waals surface area contributed by atoms with E-state index in [1.54, 1.807) is 12.1 Å². The third-order valence-electron chi connectivity index (χ3n) is 4.91. The summed E-state index contributed by atoms with van der Waals surface area (Å²) in [5.41, 5.74) is 1.24. The Labute approximate surface area is 168 Å². The molecule has 1 N–H and O–H groups in total. The number of nitrogens with one attached hydrogen (secondary N) is 1. The van der Waals surface area contributed by atoms with E-state index in [4.69, 9.17) is 14.2 Å². The summed E-state index contributed by atoms with van der Waals surface area (Å²) in [7, 11) is 1.32. The van der Waals surface area contributed by atoms with E-state index in [2.05, 4.69) is 5.32 Å². The number of methoxy groups -OCH3 is 1. The fourth-order valence-corrected chi connectivity index (χ4v) is 3.48. The Kier molecular flexibility index (Phi) is 5.33. The van der Waals surface area contributed by atoms with E-state index < -0.39 is 5.97 Å². The molecule has 0 bridgehead atoms. The molecule has 148 valence electrons. The molecule has 1 unspecified atom stereocenters. The number of fused-ring (bicyclic) bond motifs is 2. The molecule has 1 atom stereocenters. The summed E-state index contributed by atoms with van der Waals surface area (Å²) in [6, 6.07) is 18.6. The van der Waals surface area contributed by atoms with Crippen molar-refractivity contribution in [3.05, 3.63) is 71.8 Å². The number of hydrogen-bond donors (Lipinski definition) is 1. The summed E-state index contributed by atoms with van der Waals surface area (Å²) < 4.78 is 16.2. The normalized spacial score (nSPS) is 15.1. The second kappa shape index (κ2) is 8.22. The molecule has 3 aromatic rings. The van der Waals surface area contributed by atoms with Crippen molar-refractivity contribution in [2.45, 2.75) is 12.5 Å². The largest absolute Gasteiger partial charge is 0.493 e. The van der Waals surface area contributed by atoms with Crippen molar-refractivity contribution in [2.75, 3.05) is 20.3 Å². The highest BCUT2D eigenvalue weighted by molar-refractivity contribution is 5.98. The smallest absolute Gasteiger partial charge is 0.341 e. The summed E-state index contributed by atoms with van der Waals surface area (Å²) in [5, 5.41) is 4.79. The number of carbonyl (C=O) groups is 2. The van der Waals surface area contributed by atoms with E-state index in [-0.39, 0.29) is 24.1 Å². The minimum Gasteiger partial charge on any atom is -0.493 e. The number of amides is 1. The van der Waals surface area contributed by atoms with Crippen molar-refractivity contribution >= 4 is 22.6 Å². The van der Waals surface area contributed by atoms with Crippen LogP contribution in [0.5, 0.6) is 11.5 Å². The van der Waals surface area contributed by atoms with Crippen LogP contribution < -0.4 is 14.8 Å². The summed E-state index contributed by atoms with van der Waals surface area (Å²) in [4.78, 5) is 24.7. The van der Waals surface area contributed by atoms with Gasteiger partial charge in [-0.15, -0.1) is 0 Å². The molecule has 0 fully saturated rings. The molecule has 6 nitrogen and oxygen atoms in total. The Morgan fingerprint density at radius 1 is 1.07 bits per heavy atom. The minimum absolute atomic E-state index is 0.132. The predicted octanol–water partition coefficient (Wildman–Crippen LogP) is 3.65. The third-order valence-corrected chi connectivity index (χ3v) is 4.91. The van der Waals surface area contributed by atoms with Gasteiger partial charge in [0.1, 0.15) is 17.1 Å². The minimum atomic E-state index is -0.510. The SMILES string of the molecule is COC(=O)c1cc2ccccc2cc1OCC(=O)NC1CCOc2ccccc21. The Morgan fingerprint density at radius 3 is 2.59 bits per heavy atom. The molecule has 0 saturated carbocycles. The van der Waals surface area contributed by atoms with E-state index in [1.807, 2.05) is 48.5 Å². The number of esters is 1. The lowest BCUT2D eigenvalue weighted by Gasteiger charge is -2.26. The second-order valence-corrected chi connectivity index (χ2v) is 6.77. The van der Waals surface area contributed by atoms with Crippen molar-refractivity contribution in [3.63, 3.8) is 0 Å². The van der Waals surface area contributed by atoms with Gasteiger partial charge in [0.15, 0.2) is 6.61 Å². The highest BCUT2D eigenvalue weighted by atomic mass is 16.5. The molecule has 1 heterocycles. The molecule has 29 heavy (non-hydrogen) atoms. The van der Waals surface area contributed by atoms with Gasteiger partial charge in [-0.05, 0) is 29.0 Å². The number of benzene rings is 3. The Balaban J connectivity index is 1.49. The van der Waals surface area contributed by atoms with E-state index in [1.165, 1.54) is 7.11 Å². The Morgan fingerprint density at radius 2 is 1.79 bits per heavy atom. The van der Waals surface area contributed by atoms with Crippen LogP contribution in [0, 0.1) is 0 Å². The molecule has 0 spiro atoms. The van der Waals surface area contributed by atoms with Crippen LogP contribution in [0.2, 0.25) is 0 Å². The predicted molar refractivity (Wildman–Crippen MR) is 108 cm³/mol. The highest BCUT2D eigenvalue weighted by Crippen LogP contribution is 2.31. The van der Waals surface area contributed by atoms with Gasteiger partial charge in [-0.1, -0.05) is 42.5 Å². The molecule has 0 radical (unpaired) electrons. The number of para-hydroxylation sites is 1. The van der Waals surface area contributed by atoms with Gasteiger partial charge >= 0.3 is 5.97 Å². The van der Waals surface area contributed by atoms with Crippen LogP contribution >= 0.6 is 0 Å². The van der Waals surface area contributed by atoms with Gasteiger partial charge in [0, 0.05) is 12.0 Å². The molecule has 1 amide bonds.